The summed E-state index contributed by atoms with van der Waals surface area (Å²) in [5.41, 5.74) is 3.50. The van der Waals surface area contributed by atoms with Crippen molar-refractivity contribution in [1.29, 1.82) is 5.26 Å². The predicted octanol–water partition coefficient (Wildman–Crippen LogP) is 4.74. The second-order valence-electron chi connectivity index (χ2n) is 6.99. The third-order valence-corrected chi connectivity index (χ3v) is 6.07. The first-order valence-corrected chi connectivity index (χ1v) is 10.4. The van der Waals surface area contributed by atoms with E-state index in [-0.39, 0.29) is 6.01 Å². The summed E-state index contributed by atoms with van der Waals surface area (Å²) >= 11 is 1.49. The molecule has 0 N–H and O–H groups in total. The molecule has 6 nitrogen and oxygen atoms in total. The highest BCUT2D eigenvalue weighted by Crippen LogP contribution is 2.32. The average Bonchev–Trinajstić information content (AvgIpc) is 3.18. The number of pyridine rings is 1. The second-order valence-corrected chi connectivity index (χ2v) is 8.05. The lowest BCUT2D eigenvalue weighted by atomic mass is 9.93. The van der Waals surface area contributed by atoms with Crippen molar-refractivity contribution in [3.05, 3.63) is 64.7 Å². The number of fused-ring (bicyclic) bond motifs is 1. The Morgan fingerprint density at radius 1 is 1.28 bits per heavy atom. The molecule has 0 aromatic carbocycles. The molecule has 1 aliphatic rings. The molecule has 0 saturated heterocycles. The number of aryl methyl sites for hydroxylation is 1. The number of nitrogens with zero attached hydrogens (tertiary/aromatic N) is 5. The molecule has 0 saturated carbocycles. The van der Waals surface area contributed by atoms with Crippen molar-refractivity contribution < 1.29 is 4.74 Å². The Morgan fingerprint density at radius 3 is 2.93 bits per heavy atom. The highest BCUT2D eigenvalue weighted by atomic mass is 32.1. The van der Waals surface area contributed by atoms with Crippen LogP contribution < -0.4 is 4.74 Å². The van der Waals surface area contributed by atoms with Gasteiger partial charge in [-0.2, -0.15) is 10.2 Å². The molecule has 0 spiro atoms. The lowest BCUT2D eigenvalue weighted by Crippen LogP contribution is -2.10. The number of ether oxygens (including phenoxy) is 1. The molecule has 0 bridgehead atoms. The van der Waals surface area contributed by atoms with E-state index >= 15 is 0 Å². The number of rotatable bonds is 6. The smallest absolute Gasteiger partial charge is 0.316 e. The number of allylic oxidation sites excluding steroid dienone is 3. The van der Waals surface area contributed by atoms with Crippen molar-refractivity contribution in [2.75, 3.05) is 6.61 Å². The number of hydrogen-bond donors (Lipinski definition) is 0. The minimum Gasteiger partial charge on any atom is -0.459 e. The van der Waals surface area contributed by atoms with Crippen LogP contribution in [-0.4, -0.2) is 26.5 Å². The molecule has 3 aromatic rings. The van der Waals surface area contributed by atoms with Crippen LogP contribution in [0, 0.1) is 24.2 Å². The van der Waals surface area contributed by atoms with E-state index in [2.05, 4.69) is 51.2 Å². The van der Waals surface area contributed by atoms with Crippen molar-refractivity contribution >= 4 is 21.6 Å². The molecule has 2 unspecified atom stereocenters. The summed E-state index contributed by atoms with van der Waals surface area (Å²) in [6, 6.07) is 6.27. The lowest BCUT2D eigenvalue weighted by molar-refractivity contribution is 0.314. The monoisotopic (exact) mass is 403 g/mol. The van der Waals surface area contributed by atoms with Crippen molar-refractivity contribution in [1.82, 2.24) is 19.9 Å². The normalized spacial score (nSPS) is 17.0. The van der Waals surface area contributed by atoms with Crippen LogP contribution >= 0.6 is 11.3 Å². The molecule has 0 amide bonds. The first kappa shape index (κ1) is 19.2. The van der Waals surface area contributed by atoms with Gasteiger partial charge in [-0.15, -0.1) is 11.3 Å². The SMILES string of the molecule is CCC1C=CC=C(COc2nccc(C(C#N)c3nc4c(C)nccc4s3)n2)C1. The van der Waals surface area contributed by atoms with Gasteiger partial charge in [-0.05, 0) is 43.4 Å². The van der Waals surface area contributed by atoms with E-state index in [1.165, 1.54) is 16.9 Å². The van der Waals surface area contributed by atoms with Gasteiger partial charge in [0.2, 0.25) is 0 Å². The van der Waals surface area contributed by atoms with Gasteiger partial charge in [0, 0.05) is 12.4 Å². The maximum Gasteiger partial charge on any atom is 0.316 e. The zero-order chi connectivity index (χ0) is 20.2. The van der Waals surface area contributed by atoms with Gasteiger partial charge in [-0.1, -0.05) is 25.2 Å². The highest BCUT2D eigenvalue weighted by Gasteiger charge is 2.21. The Kier molecular flexibility index (Phi) is 5.63. The summed E-state index contributed by atoms with van der Waals surface area (Å²) in [6.07, 6.45) is 11.9. The molecule has 0 aliphatic heterocycles. The molecule has 146 valence electrons. The number of aromatic nitrogens is 4. The predicted molar refractivity (Wildman–Crippen MR) is 113 cm³/mol. The summed E-state index contributed by atoms with van der Waals surface area (Å²) < 4.78 is 6.84. The molecule has 1 aliphatic carbocycles. The average molecular weight is 404 g/mol. The number of hydrogen-bond acceptors (Lipinski definition) is 7. The van der Waals surface area contributed by atoms with Crippen LogP contribution in [0.15, 0.2) is 48.3 Å². The van der Waals surface area contributed by atoms with Crippen molar-refractivity contribution in [3.63, 3.8) is 0 Å². The fourth-order valence-electron chi connectivity index (χ4n) is 3.32. The van der Waals surface area contributed by atoms with Crippen LogP contribution in [0.2, 0.25) is 0 Å². The Morgan fingerprint density at radius 2 is 2.14 bits per heavy atom. The van der Waals surface area contributed by atoms with E-state index in [0.717, 1.165) is 28.8 Å². The second kappa shape index (κ2) is 8.50. The van der Waals surface area contributed by atoms with Crippen LogP contribution in [0.4, 0.5) is 0 Å². The van der Waals surface area contributed by atoms with Gasteiger partial charge >= 0.3 is 6.01 Å². The fraction of sp³-hybridized carbons (Fsp3) is 0.318. The summed E-state index contributed by atoms with van der Waals surface area (Å²) in [7, 11) is 0. The van der Waals surface area contributed by atoms with E-state index in [4.69, 9.17) is 4.74 Å². The minimum absolute atomic E-state index is 0.283. The van der Waals surface area contributed by atoms with Crippen LogP contribution in [0.25, 0.3) is 10.2 Å². The lowest BCUT2D eigenvalue weighted by Gasteiger charge is -2.17. The molecular formula is C22H21N5OS. The fourth-order valence-corrected chi connectivity index (χ4v) is 4.39. The maximum atomic E-state index is 9.79. The summed E-state index contributed by atoms with van der Waals surface area (Å²) in [6.45, 7) is 4.56. The van der Waals surface area contributed by atoms with E-state index < -0.39 is 5.92 Å². The van der Waals surface area contributed by atoms with Gasteiger partial charge in [-0.3, -0.25) is 4.98 Å². The minimum atomic E-state index is -0.571. The molecule has 29 heavy (non-hydrogen) atoms. The van der Waals surface area contributed by atoms with E-state index in [1.54, 1.807) is 18.5 Å². The number of thiazole rings is 1. The Hall–Kier alpha value is -3.11. The van der Waals surface area contributed by atoms with Gasteiger partial charge < -0.3 is 4.74 Å². The van der Waals surface area contributed by atoms with Crippen molar-refractivity contribution in [2.45, 2.75) is 32.6 Å². The van der Waals surface area contributed by atoms with Crippen molar-refractivity contribution in [2.24, 2.45) is 5.92 Å². The molecule has 0 radical (unpaired) electrons. The Bertz CT molecular complexity index is 1130. The highest BCUT2D eigenvalue weighted by molar-refractivity contribution is 7.18. The first-order valence-electron chi connectivity index (χ1n) is 9.61. The zero-order valence-electron chi connectivity index (χ0n) is 16.4. The zero-order valence-corrected chi connectivity index (χ0v) is 17.2. The van der Waals surface area contributed by atoms with Crippen molar-refractivity contribution in [3.8, 4) is 12.1 Å². The maximum absolute atomic E-state index is 9.79. The third kappa shape index (κ3) is 4.17. The number of nitriles is 1. The van der Waals surface area contributed by atoms with Gasteiger partial charge in [0.1, 0.15) is 23.0 Å². The molecular weight excluding hydrogens is 382 g/mol. The van der Waals surface area contributed by atoms with Crippen LogP contribution in [0.1, 0.15) is 42.1 Å². The van der Waals surface area contributed by atoms with E-state index in [1.807, 2.05) is 13.0 Å². The molecule has 3 aromatic heterocycles. The van der Waals surface area contributed by atoms with Crippen LogP contribution in [0.3, 0.4) is 0 Å². The quantitative estimate of drug-likeness (QED) is 0.591. The van der Waals surface area contributed by atoms with Crippen LogP contribution in [0.5, 0.6) is 6.01 Å². The Labute approximate surface area is 173 Å². The molecule has 0 fully saturated rings. The summed E-state index contributed by atoms with van der Waals surface area (Å²) in [5, 5.41) is 10.5. The van der Waals surface area contributed by atoms with Gasteiger partial charge in [-0.25, -0.2) is 9.97 Å². The summed E-state index contributed by atoms with van der Waals surface area (Å²) in [5.74, 6) is -0.00995. The molecule has 3 heterocycles. The topological polar surface area (TPSA) is 84.6 Å². The summed E-state index contributed by atoms with van der Waals surface area (Å²) in [4.78, 5) is 17.6. The van der Waals surface area contributed by atoms with Gasteiger partial charge in [0.05, 0.1) is 22.2 Å². The Balaban J connectivity index is 1.53. The largest absolute Gasteiger partial charge is 0.459 e. The first-order chi connectivity index (χ1) is 14.2. The third-order valence-electron chi connectivity index (χ3n) is 4.98. The van der Waals surface area contributed by atoms with Gasteiger partial charge in [0.25, 0.3) is 0 Å². The molecule has 2 atom stereocenters. The molecule has 4 rings (SSSR count). The van der Waals surface area contributed by atoms with Gasteiger partial charge in [0.15, 0.2) is 0 Å². The standard InChI is InChI=1S/C22H21N5OS/c1-3-15-5-4-6-16(11-15)13-28-22-25-9-7-18(26-22)17(12-23)21-27-20-14(2)24-10-8-19(20)29-21/h4-10,15,17H,3,11,13H2,1-2H3. The van der Waals surface area contributed by atoms with E-state index in [0.29, 0.717) is 23.2 Å². The van der Waals surface area contributed by atoms with E-state index in [9.17, 15) is 5.26 Å². The molecule has 7 heteroatoms. The van der Waals surface area contributed by atoms with Crippen LogP contribution in [-0.2, 0) is 0 Å².